The van der Waals surface area contributed by atoms with E-state index in [2.05, 4.69) is 5.32 Å². The Kier molecular flexibility index (Phi) is 5.54. The number of aliphatic carboxylic acids is 1. The minimum absolute atomic E-state index is 0.280. The molecule has 4 nitrogen and oxygen atoms in total. The van der Waals surface area contributed by atoms with Gasteiger partial charge in [0.05, 0.1) is 0 Å². The van der Waals surface area contributed by atoms with Crippen LogP contribution in [0, 0.1) is 5.92 Å². The fourth-order valence-electron chi connectivity index (χ4n) is 3.41. The highest BCUT2D eigenvalue weighted by Gasteiger charge is 2.47. The molecule has 2 atom stereocenters. The summed E-state index contributed by atoms with van der Waals surface area (Å²) in [6, 6.07) is 0. The lowest BCUT2D eigenvalue weighted by atomic mass is 9.85. The van der Waals surface area contributed by atoms with E-state index < -0.39 is 11.5 Å². The monoisotopic (exact) mass is 287 g/mol. The minimum Gasteiger partial charge on any atom is -0.480 e. The Bertz CT molecular complexity index is 307. The molecule has 5 heteroatoms. The van der Waals surface area contributed by atoms with Gasteiger partial charge in [-0.05, 0) is 50.8 Å². The SMILES string of the molecule is CNC1(C(=O)O)CCCC1CCSC1CCOCC1. The van der Waals surface area contributed by atoms with Gasteiger partial charge in [0.2, 0.25) is 0 Å². The standard InChI is InChI=1S/C14H25NO3S/c1-15-14(13(16)17)7-2-3-11(14)6-10-19-12-4-8-18-9-5-12/h11-12,15H,2-10H2,1H3,(H,16,17). The fourth-order valence-corrected chi connectivity index (χ4v) is 4.69. The van der Waals surface area contributed by atoms with Crippen molar-refractivity contribution in [2.24, 2.45) is 5.92 Å². The summed E-state index contributed by atoms with van der Waals surface area (Å²) >= 11 is 2.01. The van der Waals surface area contributed by atoms with Crippen molar-refractivity contribution in [1.29, 1.82) is 0 Å². The summed E-state index contributed by atoms with van der Waals surface area (Å²) in [5, 5.41) is 13.3. The second kappa shape index (κ2) is 6.95. The predicted octanol–water partition coefficient (Wildman–Crippen LogP) is 2.13. The zero-order chi connectivity index (χ0) is 13.7. The van der Waals surface area contributed by atoms with Crippen molar-refractivity contribution in [3.63, 3.8) is 0 Å². The summed E-state index contributed by atoms with van der Waals surface area (Å²) in [6.45, 7) is 1.77. The first-order chi connectivity index (χ1) is 9.19. The van der Waals surface area contributed by atoms with Gasteiger partial charge in [-0.2, -0.15) is 11.8 Å². The van der Waals surface area contributed by atoms with Gasteiger partial charge in [-0.15, -0.1) is 0 Å². The first kappa shape index (κ1) is 15.1. The summed E-state index contributed by atoms with van der Waals surface area (Å²) in [6.07, 6.45) is 6.14. The van der Waals surface area contributed by atoms with Gasteiger partial charge in [0, 0.05) is 18.5 Å². The van der Waals surface area contributed by atoms with E-state index in [1.165, 1.54) is 0 Å². The van der Waals surface area contributed by atoms with Gasteiger partial charge in [0.25, 0.3) is 0 Å². The maximum absolute atomic E-state index is 11.5. The summed E-state index contributed by atoms with van der Waals surface area (Å²) in [7, 11) is 1.79. The quantitative estimate of drug-likeness (QED) is 0.784. The molecule has 1 saturated heterocycles. The Labute approximate surface area is 119 Å². The van der Waals surface area contributed by atoms with Crippen molar-refractivity contribution in [1.82, 2.24) is 5.32 Å². The van der Waals surface area contributed by atoms with Crippen molar-refractivity contribution in [2.45, 2.75) is 49.3 Å². The predicted molar refractivity (Wildman–Crippen MR) is 77.7 cm³/mol. The molecule has 110 valence electrons. The van der Waals surface area contributed by atoms with Crippen LogP contribution in [0.1, 0.15) is 38.5 Å². The van der Waals surface area contributed by atoms with Gasteiger partial charge in [-0.1, -0.05) is 6.42 Å². The number of nitrogens with one attached hydrogen (secondary N) is 1. The van der Waals surface area contributed by atoms with Crippen molar-refractivity contribution >= 4 is 17.7 Å². The summed E-state index contributed by atoms with van der Waals surface area (Å²) in [5.41, 5.74) is -0.670. The van der Waals surface area contributed by atoms with Gasteiger partial charge in [-0.3, -0.25) is 4.79 Å². The maximum Gasteiger partial charge on any atom is 0.324 e. The van der Waals surface area contributed by atoms with Crippen LogP contribution < -0.4 is 5.32 Å². The highest BCUT2D eigenvalue weighted by Crippen LogP contribution is 2.39. The Balaban J connectivity index is 1.79. The summed E-state index contributed by atoms with van der Waals surface area (Å²) in [5.74, 6) is 0.683. The number of thioether (sulfide) groups is 1. The topological polar surface area (TPSA) is 58.6 Å². The third-order valence-electron chi connectivity index (χ3n) is 4.64. The van der Waals surface area contributed by atoms with Crippen LogP contribution in [0.2, 0.25) is 0 Å². The number of ether oxygens (including phenoxy) is 1. The molecule has 0 aromatic carbocycles. The molecule has 0 amide bonds. The Hall–Kier alpha value is -0.260. The summed E-state index contributed by atoms with van der Waals surface area (Å²) < 4.78 is 5.36. The van der Waals surface area contributed by atoms with Gasteiger partial charge >= 0.3 is 5.97 Å². The van der Waals surface area contributed by atoms with Gasteiger partial charge < -0.3 is 15.2 Å². The van der Waals surface area contributed by atoms with E-state index in [0.717, 1.165) is 57.5 Å². The van der Waals surface area contributed by atoms with E-state index >= 15 is 0 Å². The van der Waals surface area contributed by atoms with E-state index in [4.69, 9.17) is 4.74 Å². The van der Waals surface area contributed by atoms with Crippen molar-refractivity contribution in [2.75, 3.05) is 26.0 Å². The molecule has 1 aliphatic heterocycles. The van der Waals surface area contributed by atoms with Crippen LogP contribution in [0.5, 0.6) is 0 Å². The molecule has 2 N–H and O–H groups in total. The van der Waals surface area contributed by atoms with Crippen molar-refractivity contribution in [3.8, 4) is 0 Å². The van der Waals surface area contributed by atoms with Crippen LogP contribution in [0.3, 0.4) is 0 Å². The van der Waals surface area contributed by atoms with Gasteiger partial charge in [-0.25, -0.2) is 0 Å². The molecule has 2 aliphatic rings. The smallest absolute Gasteiger partial charge is 0.324 e. The highest BCUT2D eigenvalue weighted by molar-refractivity contribution is 7.99. The van der Waals surface area contributed by atoms with Crippen LogP contribution in [-0.4, -0.2) is 47.9 Å². The molecule has 0 spiro atoms. The van der Waals surface area contributed by atoms with Gasteiger partial charge in [0.1, 0.15) is 5.54 Å². The number of hydrogen-bond donors (Lipinski definition) is 2. The third kappa shape index (κ3) is 3.44. The van der Waals surface area contributed by atoms with E-state index in [9.17, 15) is 9.90 Å². The largest absolute Gasteiger partial charge is 0.480 e. The second-order valence-electron chi connectivity index (χ2n) is 5.59. The molecule has 2 fully saturated rings. The molecule has 1 heterocycles. The normalized spacial score (nSPS) is 32.6. The lowest BCUT2D eigenvalue weighted by molar-refractivity contribution is -0.146. The van der Waals surface area contributed by atoms with E-state index in [1.54, 1.807) is 7.05 Å². The molecule has 0 bridgehead atoms. The number of carboxylic acids is 1. The second-order valence-corrected chi connectivity index (χ2v) is 7.00. The minimum atomic E-state index is -0.673. The van der Waals surface area contributed by atoms with Crippen LogP contribution >= 0.6 is 11.8 Å². The number of carboxylic acid groups (broad SMARTS) is 1. The average Bonchev–Trinajstić information content (AvgIpc) is 2.84. The van der Waals surface area contributed by atoms with Crippen LogP contribution in [-0.2, 0) is 9.53 Å². The van der Waals surface area contributed by atoms with Crippen LogP contribution in [0.15, 0.2) is 0 Å². The number of carbonyl (C=O) groups is 1. The molecule has 2 rings (SSSR count). The Morgan fingerprint density at radius 1 is 1.42 bits per heavy atom. The average molecular weight is 287 g/mol. The lowest BCUT2D eigenvalue weighted by Crippen LogP contribution is -2.53. The van der Waals surface area contributed by atoms with E-state index in [-0.39, 0.29) is 5.92 Å². The third-order valence-corrected chi connectivity index (χ3v) is 6.05. The van der Waals surface area contributed by atoms with Crippen molar-refractivity contribution < 1.29 is 14.6 Å². The highest BCUT2D eigenvalue weighted by atomic mass is 32.2. The van der Waals surface area contributed by atoms with Crippen LogP contribution in [0.4, 0.5) is 0 Å². The lowest BCUT2D eigenvalue weighted by Gasteiger charge is -2.31. The number of likely N-dealkylation sites (N-methyl/N-ethyl adjacent to an activating group) is 1. The zero-order valence-electron chi connectivity index (χ0n) is 11.7. The molecule has 19 heavy (non-hydrogen) atoms. The molecular formula is C14H25NO3S. The number of rotatable bonds is 6. The van der Waals surface area contributed by atoms with Crippen molar-refractivity contribution in [3.05, 3.63) is 0 Å². The molecule has 2 unspecified atom stereocenters. The molecule has 1 saturated carbocycles. The molecule has 0 aromatic heterocycles. The molecule has 0 aromatic rings. The van der Waals surface area contributed by atoms with E-state index in [1.807, 2.05) is 11.8 Å². The van der Waals surface area contributed by atoms with E-state index in [0.29, 0.717) is 5.25 Å². The Morgan fingerprint density at radius 3 is 2.79 bits per heavy atom. The Morgan fingerprint density at radius 2 is 2.16 bits per heavy atom. The summed E-state index contributed by atoms with van der Waals surface area (Å²) in [4.78, 5) is 11.5. The first-order valence-electron chi connectivity index (χ1n) is 7.30. The first-order valence-corrected chi connectivity index (χ1v) is 8.35. The fraction of sp³-hybridized carbons (Fsp3) is 0.929. The molecule has 0 radical (unpaired) electrons. The molecule has 1 aliphatic carbocycles. The van der Waals surface area contributed by atoms with Gasteiger partial charge in [0.15, 0.2) is 0 Å². The molecular weight excluding hydrogens is 262 g/mol. The number of hydrogen-bond acceptors (Lipinski definition) is 4. The zero-order valence-corrected chi connectivity index (χ0v) is 12.5. The maximum atomic E-state index is 11.5. The van der Waals surface area contributed by atoms with Crippen LogP contribution in [0.25, 0.3) is 0 Å².